The van der Waals surface area contributed by atoms with Crippen LogP contribution >= 0.6 is 0 Å². The molecule has 108 valence electrons. The number of hydrogen-bond donors (Lipinski definition) is 1. The topological polar surface area (TPSA) is 24.9 Å². The fourth-order valence-electron chi connectivity index (χ4n) is 2.53. The van der Waals surface area contributed by atoms with Crippen LogP contribution in [0.2, 0.25) is 0 Å². The van der Waals surface area contributed by atoms with Gasteiger partial charge in [-0.2, -0.15) is 0 Å². The van der Waals surface area contributed by atoms with E-state index in [0.717, 1.165) is 24.9 Å². The number of nitrogens with zero attached hydrogens (tertiary/aromatic N) is 1. The van der Waals surface area contributed by atoms with E-state index in [9.17, 15) is 4.39 Å². The van der Waals surface area contributed by atoms with E-state index >= 15 is 0 Å². The molecular weight excluding hydrogens is 239 g/mol. The van der Waals surface area contributed by atoms with Crippen LogP contribution in [-0.2, 0) is 0 Å². The van der Waals surface area contributed by atoms with Gasteiger partial charge in [-0.25, -0.2) is 4.39 Å². The largest absolute Gasteiger partial charge is 0.310 e. The standard InChI is InChI=1S/C16H27FN2/c1-4-7-8-13(6-3)16(19-9-5-2)14-10-15(17)12-18-11-14/h10-13,16,19H,4-9H2,1-3H3. The summed E-state index contributed by atoms with van der Waals surface area (Å²) >= 11 is 0. The Bertz CT molecular complexity index is 354. The van der Waals surface area contributed by atoms with Crippen molar-refractivity contribution in [2.75, 3.05) is 6.54 Å². The summed E-state index contributed by atoms with van der Waals surface area (Å²) in [5, 5.41) is 3.57. The van der Waals surface area contributed by atoms with Crippen molar-refractivity contribution in [2.45, 2.75) is 58.9 Å². The van der Waals surface area contributed by atoms with E-state index in [0.29, 0.717) is 5.92 Å². The quantitative estimate of drug-likeness (QED) is 0.713. The van der Waals surface area contributed by atoms with Crippen molar-refractivity contribution in [1.82, 2.24) is 10.3 Å². The zero-order chi connectivity index (χ0) is 14.1. The Morgan fingerprint density at radius 1 is 1.21 bits per heavy atom. The molecule has 1 N–H and O–H groups in total. The summed E-state index contributed by atoms with van der Waals surface area (Å²) < 4.78 is 13.4. The molecule has 0 aliphatic rings. The number of halogens is 1. The Hall–Kier alpha value is -0.960. The van der Waals surface area contributed by atoms with E-state index in [4.69, 9.17) is 0 Å². The van der Waals surface area contributed by atoms with Crippen LogP contribution in [0.5, 0.6) is 0 Å². The maximum absolute atomic E-state index is 13.4. The third-order valence-corrected chi connectivity index (χ3v) is 3.62. The molecule has 19 heavy (non-hydrogen) atoms. The second-order valence-corrected chi connectivity index (χ2v) is 5.18. The Balaban J connectivity index is 2.85. The molecule has 0 aliphatic heterocycles. The van der Waals surface area contributed by atoms with Gasteiger partial charge in [0.15, 0.2) is 0 Å². The molecule has 1 heterocycles. The fourth-order valence-corrected chi connectivity index (χ4v) is 2.53. The van der Waals surface area contributed by atoms with Crippen LogP contribution in [0.25, 0.3) is 0 Å². The summed E-state index contributed by atoms with van der Waals surface area (Å²) in [5.41, 5.74) is 0.983. The molecule has 1 aromatic heterocycles. The van der Waals surface area contributed by atoms with Gasteiger partial charge in [-0.05, 0) is 36.9 Å². The molecular formula is C16H27FN2. The van der Waals surface area contributed by atoms with Gasteiger partial charge < -0.3 is 5.32 Å². The van der Waals surface area contributed by atoms with Crippen LogP contribution < -0.4 is 5.32 Å². The van der Waals surface area contributed by atoms with Crippen molar-refractivity contribution in [1.29, 1.82) is 0 Å². The first-order valence-electron chi connectivity index (χ1n) is 7.56. The Kier molecular flexibility index (Phi) is 7.65. The molecule has 0 bridgehead atoms. The molecule has 0 fully saturated rings. The first kappa shape index (κ1) is 16.1. The maximum atomic E-state index is 13.4. The molecule has 1 rings (SSSR count). The molecule has 2 atom stereocenters. The van der Waals surface area contributed by atoms with Crippen LogP contribution in [0, 0.1) is 11.7 Å². The molecule has 0 saturated carbocycles. The average molecular weight is 266 g/mol. The number of unbranched alkanes of at least 4 members (excludes halogenated alkanes) is 1. The van der Waals surface area contributed by atoms with Crippen molar-refractivity contribution in [3.05, 3.63) is 29.8 Å². The van der Waals surface area contributed by atoms with E-state index in [1.807, 2.05) is 0 Å². The lowest BCUT2D eigenvalue weighted by molar-refractivity contribution is 0.322. The molecule has 0 spiro atoms. The lowest BCUT2D eigenvalue weighted by atomic mass is 9.87. The first-order chi connectivity index (χ1) is 9.22. The lowest BCUT2D eigenvalue weighted by Crippen LogP contribution is -2.29. The van der Waals surface area contributed by atoms with Gasteiger partial charge in [-0.15, -0.1) is 0 Å². The number of aromatic nitrogens is 1. The third-order valence-electron chi connectivity index (χ3n) is 3.62. The Morgan fingerprint density at radius 3 is 2.58 bits per heavy atom. The maximum Gasteiger partial charge on any atom is 0.141 e. The van der Waals surface area contributed by atoms with Crippen LogP contribution in [0.4, 0.5) is 4.39 Å². The molecule has 0 aromatic carbocycles. The zero-order valence-electron chi connectivity index (χ0n) is 12.5. The highest BCUT2D eigenvalue weighted by Gasteiger charge is 2.21. The minimum absolute atomic E-state index is 0.222. The highest BCUT2D eigenvalue weighted by Crippen LogP contribution is 2.29. The van der Waals surface area contributed by atoms with Crippen LogP contribution in [0.15, 0.2) is 18.5 Å². The summed E-state index contributed by atoms with van der Waals surface area (Å²) in [6.07, 6.45) is 8.88. The van der Waals surface area contributed by atoms with Gasteiger partial charge in [0.1, 0.15) is 5.82 Å². The molecule has 1 aromatic rings. The van der Waals surface area contributed by atoms with Gasteiger partial charge >= 0.3 is 0 Å². The van der Waals surface area contributed by atoms with Crippen molar-refractivity contribution in [2.24, 2.45) is 5.92 Å². The molecule has 0 aliphatic carbocycles. The molecule has 0 radical (unpaired) electrons. The molecule has 0 saturated heterocycles. The van der Waals surface area contributed by atoms with Gasteiger partial charge in [-0.1, -0.05) is 40.0 Å². The molecule has 2 nitrogen and oxygen atoms in total. The smallest absolute Gasteiger partial charge is 0.141 e. The fraction of sp³-hybridized carbons (Fsp3) is 0.688. The van der Waals surface area contributed by atoms with E-state index in [1.165, 1.54) is 25.5 Å². The van der Waals surface area contributed by atoms with Crippen LogP contribution in [-0.4, -0.2) is 11.5 Å². The lowest BCUT2D eigenvalue weighted by Gasteiger charge is -2.27. The van der Waals surface area contributed by atoms with Crippen molar-refractivity contribution >= 4 is 0 Å². The zero-order valence-corrected chi connectivity index (χ0v) is 12.5. The highest BCUT2D eigenvalue weighted by atomic mass is 19.1. The van der Waals surface area contributed by atoms with E-state index < -0.39 is 0 Å². The summed E-state index contributed by atoms with van der Waals surface area (Å²) in [5.74, 6) is 0.307. The van der Waals surface area contributed by atoms with Gasteiger partial charge in [0.25, 0.3) is 0 Å². The molecule has 2 unspecified atom stereocenters. The minimum Gasteiger partial charge on any atom is -0.310 e. The van der Waals surface area contributed by atoms with E-state index in [2.05, 4.69) is 31.1 Å². The highest BCUT2D eigenvalue weighted by molar-refractivity contribution is 5.16. The number of pyridine rings is 1. The van der Waals surface area contributed by atoms with Crippen molar-refractivity contribution in [3.63, 3.8) is 0 Å². The summed E-state index contributed by atoms with van der Waals surface area (Å²) in [4.78, 5) is 4.00. The molecule has 0 amide bonds. The summed E-state index contributed by atoms with van der Waals surface area (Å²) in [7, 11) is 0. The van der Waals surface area contributed by atoms with Crippen LogP contribution in [0.1, 0.15) is 64.5 Å². The van der Waals surface area contributed by atoms with E-state index in [1.54, 1.807) is 12.3 Å². The third kappa shape index (κ3) is 5.27. The second-order valence-electron chi connectivity index (χ2n) is 5.18. The van der Waals surface area contributed by atoms with Crippen molar-refractivity contribution < 1.29 is 4.39 Å². The predicted octanol–water partition coefficient (Wildman–Crippen LogP) is 4.48. The monoisotopic (exact) mass is 266 g/mol. The average Bonchev–Trinajstić information content (AvgIpc) is 2.42. The van der Waals surface area contributed by atoms with E-state index in [-0.39, 0.29) is 11.9 Å². The van der Waals surface area contributed by atoms with Gasteiger partial charge in [-0.3, -0.25) is 4.98 Å². The Morgan fingerprint density at radius 2 is 2.00 bits per heavy atom. The summed E-state index contributed by atoms with van der Waals surface area (Å²) in [6.45, 7) is 7.54. The Labute approximate surface area is 116 Å². The summed E-state index contributed by atoms with van der Waals surface area (Å²) in [6, 6.07) is 1.84. The SMILES string of the molecule is CCCCC(CC)C(NCCC)c1cncc(F)c1. The minimum atomic E-state index is -0.244. The second kappa shape index (κ2) is 9.03. The molecule has 3 heteroatoms. The van der Waals surface area contributed by atoms with Crippen LogP contribution in [0.3, 0.4) is 0 Å². The van der Waals surface area contributed by atoms with Gasteiger partial charge in [0.2, 0.25) is 0 Å². The normalized spacial score (nSPS) is 14.3. The van der Waals surface area contributed by atoms with Crippen molar-refractivity contribution in [3.8, 4) is 0 Å². The number of rotatable bonds is 9. The predicted molar refractivity (Wildman–Crippen MR) is 78.5 cm³/mol. The number of hydrogen-bond acceptors (Lipinski definition) is 2. The van der Waals surface area contributed by atoms with Gasteiger partial charge in [0, 0.05) is 12.2 Å². The number of nitrogens with one attached hydrogen (secondary N) is 1. The first-order valence-corrected chi connectivity index (χ1v) is 7.56. The van der Waals surface area contributed by atoms with Gasteiger partial charge in [0.05, 0.1) is 6.20 Å².